The SMILES string of the molecule is C[C@@H](Oc1c(Br)cc(-c2c3ccccc3c(S(=O)c3ccccc3)c3sc4ccccc4c23)cc1Br)C(=O)O. The Morgan fingerprint density at radius 3 is 2.13 bits per heavy atom. The molecule has 1 N–H and O–H groups in total. The zero-order valence-corrected chi connectivity index (χ0v) is 25.3. The molecule has 4 nitrogen and oxygen atoms in total. The normalized spacial score (nSPS) is 13.1. The molecule has 0 amide bonds. The third-order valence-corrected chi connectivity index (χ3v) is 10.6. The fourth-order valence-corrected chi connectivity index (χ4v) is 8.98. The molecule has 0 fully saturated rings. The first kappa shape index (κ1) is 26.2. The molecular formula is C31H20Br2O4S2. The molecule has 0 aliphatic carbocycles. The van der Waals surface area contributed by atoms with Crippen LogP contribution < -0.4 is 4.74 Å². The topological polar surface area (TPSA) is 63.6 Å². The van der Waals surface area contributed by atoms with E-state index in [-0.39, 0.29) is 0 Å². The van der Waals surface area contributed by atoms with Crippen LogP contribution >= 0.6 is 43.2 Å². The standard InChI is InChI=1S/C31H20Br2O4S2/c1-17(31(34)35)37-28-23(32)15-18(16-24(28)33)26-20-11-5-6-12-21(20)30(39(36)19-9-3-2-4-10-19)29-27(26)22-13-7-8-14-25(22)38-29/h2-17H,1H3,(H,34,35)/t17-,39?/m1/s1. The van der Waals surface area contributed by atoms with Gasteiger partial charge >= 0.3 is 5.97 Å². The maximum Gasteiger partial charge on any atom is 0.344 e. The van der Waals surface area contributed by atoms with E-state index in [1.165, 1.54) is 6.92 Å². The highest BCUT2D eigenvalue weighted by molar-refractivity contribution is 9.11. The number of hydrogen-bond acceptors (Lipinski definition) is 4. The van der Waals surface area contributed by atoms with Gasteiger partial charge in [0, 0.05) is 25.8 Å². The number of fused-ring (bicyclic) bond motifs is 4. The van der Waals surface area contributed by atoms with Crippen LogP contribution in [0.1, 0.15) is 6.92 Å². The summed E-state index contributed by atoms with van der Waals surface area (Å²) in [5.74, 6) is -0.622. The van der Waals surface area contributed by atoms with Crippen LogP contribution in [0.4, 0.5) is 0 Å². The van der Waals surface area contributed by atoms with Crippen molar-refractivity contribution in [1.29, 1.82) is 0 Å². The molecule has 8 heteroatoms. The van der Waals surface area contributed by atoms with Gasteiger partial charge in [0.2, 0.25) is 0 Å². The van der Waals surface area contributed by atoms with E-state index in [4.69, 9.17) is 4.74 Å². The molecule has 194 valence electrons. The Bertz CT molecular complexity index is 1910. The molecule has 0 bridgehead atoms. The quantitative estimate of drug-likeness (QED) is 0.191. The van der Waals surface area contributed by atoms with Gasteiger partial charge in [-0.15, -0.1) is 11.3 Å². The molecule has 0 saturated carbocycles. The zero-order valence-electron chi connectivity index (χ0n) is 20.5. The molecule has 39 heavy (non-hydrogen) atoms. The molecule has 1 aromatic heterocycles. The number of carboxylic acid groups (broad SMARTS) is 1. The summed E-state index contributed by atoms with van der Waals surface area (Å²) in [7, 11) is -1.39. The van der Waals surface area contributed by atoms with Gasteiger partial charge in [-0.25, -0.2) is 9.00 Å². The third-order valence-electron chi connectivity index (χ3n) is 6.56. The van der Waals surface area contributed by atoms with E-state index in [1.54, 1.807) is 11.3 Å². The minimum Gasteiger partial charge on any atom is -0.479 e. The summed E-state index contributed by atoms with van der Waals surface area (Å²) in [6.45, 7) is 1.50. The number of carbonyl (C=O) groups is 1. The Balaban J connectivity index is 1.71. The molecule has 5 aromatic carbocycles. The first-order valence-electron chi connectivity index (χ1n) is 12.1. The van der Waals surface area contributed by atoms with E-state index < -0.39 is 22.9 Å². The van der Waals surface area contributed by atoms with Gasteiger partial charge in [-0.3, -0.25) is 0 Å². The van der Waals surface area contributed by atoms with Crippen molar-refractivity contribution in [2.45, 2.75) is 22.8 Å². The molecule has 0 radical (unpaired) electrons. The monoisotopic (exact) mass is 678 g/mol. The maximum absolute atomic E-state index is 14.1. The molecule has 1 unspecified atom stereocenters. The third kappa shape index (κ3) is 4.59. The van der Waals surface area contributed by atoms with Gasteiger partial charge < -0.3 is 9.84 Å². The average molecular weight is 680 g/mol. The van der Waals surface area contributed by atoms with Crippen molar-refractivity contribution < 1.29 is 18.8 Å². The molecule has 0 aliphatic rings. The number of halogens is 2. The van der Waals surface area contributed by atoms with Crippen LogP contribution in [0.25, 0.3) is 42.1 Å². The molecular weight excluding hydrogens is 660 g/mol. The number of carboxylic acids is 1. The van der Waals surface area contributed by atoms with Gasteiger partial charge in [-0.1, -0.05) is 60.7 Å². The first-order valence-corrected chi connectivity index (χ1v) is 15.6. The highest BCUT2D eigenvalue weighted by atomic mass is 79.9. The highest BCUT2D eigenvalue weighted by Crippen LogP contribution is 2.50. The molecule has 0 spiro atoms. The summed E-state index contributed by atoms with van der Waals surface area (Å²) in [6.07, 6.45) is -1.01. The van der Waals surface area contributed by atoms with E-state index in [0.717, 1.165) is 51.9 Å². The van der Waals surface area contributed by atoms with Crippen molar-refractivity contribution in [3.05, 3.63) is 99.9 Å². The van der Waals surface area contributed by atoms with Crippen molar-refractivity contribution in [1.82, 2.24) is 0 Å². The van der Waals surface area contributed by atoms with Crippen molar-refractivity contribution in [3.63, 3.8) is 0 Å². The molecule has 2 atom stereocenters. The summed E-state index contributed by atoms with van der Waals surface area (Å²) >= 11 is 8.88. The van der Waals surface area contributed by atoms with Crippen LogP contribution in [0.15, 0.2) is 110 Å². The van der Waals surface area contributed by atoms with Crippen molar-refractivity contribution in [2.75, 3.05) is 0 Å². The van der Waals surface area contributed by atoms with Crippen LogP contribution in [0.5, 0.6) is 5.75 Å². The number of rotatable bonds is 6. The van der Waals surface area contributed by atoms with E-state index in [9.17, 15) is 14.1 Å². The van der Waals surface area contributed by atoms with E-state index in [1.807, 2.05) is 72.8 Å². The summed E-state index contributed by atoms with van der Waals surface area (Å²) < 4.78 is 23.2. The Kier molecular flexibility index (Phi) is 7.05. The highest BCUT2D eigenvalue weighted by Gasteiger charge is 2.25. The van der Waals surface area contributed by atoms with Gasteiger partial charge in [-0.2, -0.15) is 0 Å². The predicted octanol–water partition coefficient (Wildman–Crippen LogP) is 9.42. The summed E-state index contributed by atoms with van der Waals surface area (Å²) in [4.78, 5) is 13.0. The Morgan fingerprint density at radius 2 is 1.46 bits per heavy atom. The van der Waals surface area contributed by atoms with Gasteiger partial charge in [0.15, 0.2) is 6.10 Å². The van der Waals surface area contributed by atoms with Crippen LogP contribution in [-0.2, 0) is 15.6 Å². The van der Waals surface area contributed by atoms with Crippen molar-refractivity contribution >= 4 is 90.9 Å². The minimum absolute atomic E-state index is 0.422. The summed E-state index contributed by atoms with van der Waals surface area (Å²) in [5.41, 5.74) is 1.94. The van der Waals surface area contributed by atoms with Gasteiger partial charge in [0.1, 0.15) is 5.75 Å². The number of ether oxygens (including phenoxy) is 1. The minimum atomic E-state index is -1.39. The number of aliphatic carboxylic acids is 1. The second-order valence-electron chi connectivity index (χ2n) is 9.00. The van der Waals surface area contributed by atoms with E-state index in [0.29, 0.717) is 14.7 Å². The fourth-order valence-electron chi connectivity index (χ4n) is 4.80. The van der Waals surface area contributed by atoms with Crippen LogP contribution in [0.2, 0.25) is 0 Å². The second-order valence-corrected chi connectivity index (χ2v) is 13.2. The van der Waals surface area contributed by atoms with Gasteiger partial charge in [0.25, 0.3) is 0 Å². The first-order chi connectivity index (χ1) is 18.8. The van der Waals surface area contributed by atoms with Gasteiger partial charge in [-0.05, 0) is 85.6 Å². The summed E-state index contributed by atoms with van der Waals surface area (Å²) in [6, 6.07) is 29.8. The fraction of sp³-hybridized carbons (Fsp3) is 0.0645. The predicted molar refractivity (Wildman–Crippen MR) is 167 cm³/mol. The molecule has 6 rings (SSSR count). The number of hydrogen-bond donors (Lipinski definition) is 1. The average Bonchev–Trinajstić information content (AvgIpc) is 3.32. The second kappa shape index (κ2) is 10.5. The van der Waals surface area contributed by atoms with Crippen molar-refractivity contribution in [3.8, 4) is 16.9 Å². The van der Waals surface area contributed by atoms with Crippen LogP contribution in [-0.4, -0.2) is 21.4 Å². The van der Waals surface area contributed by atoms with E-state index >= 15 is 0 Å². The smallest absolute Gasteiger partial charge is 0.344 e. The molecule has 0 saturated heterocycles. The largest absolute Gasteiger partial charge is 0.479 e. The van der Waals surface area contributed by atoms with Crippen molar-refractivity contribution in [2.24, 2.45) is 0 Å². The number of thiophene rings is 1. The summed E-state index contributed by atoms with van der Waals surface area (Å²) in [5, 5.41) is 13.4. The Labute approximate surface area is 248 Å². The van der Waals surface area contributed by atoms with Gasteiger partial charge in [0.05, 0.1) is 29.3 Å². The van der Waals surface area contributed by atoms with Crippen LogP contribution in [0, 0.1) is 0 Å². The lowest BCUT2D eigenvalue weighted by Crippen LogP contribution is -2.23. The molecule has 1 heterocycles. The Morgan fingerprint density at radius 1 is 0.872 bits per heavy atom. The lowest BCUT2D eigenvalue weighted by molar-refractivity contribution is -0.144. The van der Waals surface area contributed by atoms with E-state index in [2.05, 4.69) is 50.1 Å². The lowest BCUT2D eigenvalue weighted by Gasteiger charge is -2.18. The molecule has 0 aliphatic heterocycles. The maximum atomic E-state index is 14.1. The van der Waals surface area contributed by atoms with Crippen LogP contribution in [0.3, 0.4) is 0 Å². The zero-order chi connectivity index (χ0) is 27.3. The Hall–Kier alpha value is -3.04. The molecule has 6 aromatic rings. The number of benzene rings is 5. The lowest BCUT2D eigenvalue weighted by atomic mass is 9.93.